The highest BCUT2D eigenvalue weighted by atomic mass is 35.5. The minimum atomic E-state index is -0.262. The molecule has 0 saturated carbocycles. The number of fused-ring (bicyclic) bond motifs is 1. The normalized spacial score (nSPS) is 11.0. The van der Waals surface area contributed by atoms with Gasteiger partial charge >= 0.3 is 0 Å². The molecule has 0 atom stereocenters. The largest absolute Gasteiger partial charge is 0.486 e. The van der Waals surface area contributed by atoms with Crippen molar-refractivity contribution in [2.45, 2.75) is 13.0 Å². The molecule has 2 heterocycles. The number of carbonyl (C=O) groups excluding carboxylic acids is 1. The topological polar surface area (TPSA) is 100 Å². The minimum absolute atomic E-state index is 0.0333. The summed E-state index contributed by atoms with van der Waals surface area (Å²) < 4.78 is 5.70. The number of H-pyrrole nitrogens is 1. The summed E-state index contributed by atoms with van der Waals surface area (Å²) in [6.45, 7) is 1.46. The highest BCUT2D eigenvalue weighted by Gasteiger charge is 2.12. The van der Waals surface area contributed by atoms with E-state index in [2.05, 4.69) is 25.2 Å². The average molecular weight is 416 g/mol. The molecule has 8 nitrogen and oxygen atoms in total. The van der Waals surface area contributed by atoms with Gasteiger partial charge in [-0.3, -0.25) is 14.6 Å². The molecule has 0 aliphatic heterocycles. The third kappa shape index (κ3) is 5.52. The summed E-state index contributed by atoms with van der Waals surface area (Å²) in [6, 6.07) is 6.44. The molecular formula is C20H22ClN5O3. The molecule has 0 saturated heterocycles. The summed E-state index contributed by atoms with van der Waals surface area (Å²) in [5, 5.41) is 3.65. The highest BCUT2D eigenvalue weighted by molar-refractivity contribution is 6.33. The lowest BCUT2D eigenvalue weighted by molar-refractivity contribution is 0.0952. The Kier molecular flexibility index (Phi) is 6.79. The molecule has 1 aromatic carbocycles. The molecule has 2 N–H and O–H groups in total. The maximum Gasteiger partial charge on any atom is 0.258 e. The molecule has 0 bridgehead atoms. The zero-order valence-corrected chi connectivity index (χ0v) is 17.0. The van der Waals surface area contributed by atoms with Crippen LogP contribution in [0.2, 0.25) is 5.02 Å². The minimum Gasteiger partial charge on any atom is -0.486 e. The van der Waals surface area contributed by atoms with Crippen LogP contribution in [-0.2, 0) is 6.61 Å². The molecule has 0 aliphatic rings. The molecule has 0 fully saturated rings. The van der Waals surface area contributed by atoms with Gasteiger partial charge in [0.2, 0.25) is 0 Å². The third-order valence-electron chi connectivity index (χ3n) is 4.18. The predicted molar refractivity (Wildman–Crippen MR) is 111 cm³/mol. The summed E-state index contributed by atoms with van der Waals surface area (Å²) in [5.74, 6) is 0.546. The quantitative estimate of drug-likeness (QED) is 0.547. The number of halogens is 1. The van der Waals surface area contributed by atoms with Gasteiger partial charge in [0, 0.05) is 12.7 Å². The van der Waals surface area contributed by atoms with Gasteiger partial charge in [0.05, 0.1) is 27.7 Å². The molecule has 3 rings (SSSR count). The molecule has 152 valence electrons. The van der Waals surface area contributed by atoms with E-state index >= 15 is 0 Å². The van der Waals surface area contributed by atoms with Crippen molar-refractivity contribution >= 4 is 28.4 Å². The van der Waals surface area contributed by atoms with Gasteiger partial charge in [-0.2, -0.15) is 0 Å². The number of hydrogen-bond acceptors (Lipinski definition) is 6. The van der Waals surface area contributed by atoms with E-state index in [1.54, 1.807) is 24.3 Å². The van der Waals surface area contributed by atoms with Crippen molar-refractivity contribution in [1.29, 1.82) is 0 Å². The molecule has 9 heteroatoms. The molecular weight excluding hydrogens is 394 g/mol. The van der Waals surface area contributed by atoms with Gasteiger partial charge in [-0.25, -0.2) is 4.98 Å². The number of benzene rings is 1. The first kappa shape index (κ1) is 20.8. The van der Waals surface area contributed by atoms with Crippen molar-refractivity contribution < 1.29 is 9.53 Å². The Morgan fingerprint density at radius 3 is 2.93 bits per heavy atom. The van der Waals surface area contributed by atoms with Crippen molar-refractivity contribution in [2.75, 3.05) is 27.2 Å². The van der Waals surface area contributed by atoms with Gasteiger partial charge in [0.1, 0.15) is 18.2 Å². The fourth-order valence-electron chi connectivity index (χ4n) is 2.72. The molecule has 0 radical (unpaired) electrons. The second-order valence-electron chi connectivity index (χ2n) is 6.75. The number of nitrogens with zero attached hydrogens (tertiary/aromatic N) is 3. The second kappa shape index (κ2) is 9.49. The average Bonchev–Trinajstić information content (AvgIpc) is 2.70. The highest BCUT2D eigenvalue weighted by Crippen LogP contribution is 2.22. The van der Waals surface area contributed by atoms with Crippen LogP contribution in [0.15, 0.2) is 41.5 Å². The van der Waals surface area contributed by atoms with E-state index in [1.165, 1.54) is 12.4 Å². The molecule has 2 aromatic heterocycles. The summed E-state index contributed by atoms with van der Waals surface area (Å²) >= 11 is 6.17. The van der Waals surface area contributed by atoms with Crippen LogP contribution in [0.3, 0.4) is 0 Å². The summed E-state index contributed by atoms with van der Waals surface area (Å²) in [4.78, 5) is 37.6. The second-order valence-corrected chi connectivity index (χ2v) is 7.16. The Hall–Kier alpha value is -2.97. The first-order valence-electron chi connectivity index (χ1n) is 9.12. The molecule has 0 unspecified atom stereocenters. The Balaban J connectivity index is 1.67. The smallest absolute Gasteiger partial charge is 0.258 e. The zero-order valence-electron chi connectivity index (χ0n) is 16.2. The number of carbonyl (C=O) groups is 1. The van der Waals surface area contributed by atoms with E-state index in [1.807, 2.05) is 14.1 Å². The lowest BCUT2D eigenvalue weighted by Gasteiger charge is -2.12. The number of ether oxygens (including phenoxy) is 1. The van der Waals surface area contributed by atoms with Crippen LogP contribution in [0.5, 0.6) is 5.75 Å². The van der Waals surface area contributed by atoms with Gasteiger partial charge in [0.25, 0.3) is 11.5 Å². The van der Waals surface area contributed by atoms with E-state index in [0.717, 1.165) is 13.0 Å². The molecule has 0 spiro atoms. The first-order valence-corrected chi connectivity index (χ1v) is 9.50. The molecule has 3 aromatic rings. The van der Waals surface area contributed by atoms with Crippen molar-refractivity contribution in [3.63, 3.8) is 0 Å². The van der Waals surface area contributed by atoms with Crippen LogP contribution in [0.1, 0.15) is 22.6 Å². The first-order chi connectivity index (χ1) is 13.9. The fraction of sp³-hybridized carbons (Fsp3) is 0.300. The molecule has 29 heavy (non-hydrogen) atoms. The molecule has 1 amide bonds. The lowest BCUT2D eigenvalue weighted by Crippen LogP contribution is -2.27. The summed E-state index contributed by atoms with van der Waals surface area (Å²) in [6.07, 6.45) is 3.90. The Labute approximate surface area is 172 Å². The monoisotopic (exact) mass is 415 g/mol. The van der Waals surface area contributed by atoms with Gasteiger partial charge in [0.15, 0.2) is 0 Å². The zero-order chi connectivity index (χ0) is 20.8. The number of amides is 1. The van der Waals surface area contributed by atoms with Crippen molar-refractivity contribution in [1.82, 2.24) is 25.2 Å². The Morgan fingerprint density at radius 1 is 1.31 bits per heavy atom. The van der Waals surface area contributed by atoms with Crippen molar-refractivity contribution in [3.05, 3.63) is 63.4 Å². The SMILES string of the molecule is CN(C)CCCNC(=O)c1cc(OCc2nc3cnccc3c(=O)[nH]2)ccc1Cl. The number of nitrogens with one attached hydrogen (secondary N) is 2. The van der Waals surface area contributed by atoms with Crippen LogP contribution >= 0.6 is 11.6 Å². The lowest BCUT2D eigenvalue weighted by atomic mass is 10.2. The van der Waals surface area contributed by atoms with E-state index in [0.29, 0.717) is 39.6 Å². The Morgan fingerprint density at radius 2 is 2.14 bits per heavy atom. The number of aromatic nitrogens is 3. The van der Waals surface area contributed by atoms with Gasteiger partial charge < -0.3 is 19.9 Å². The maximum absolute atomic E-state index is 12.4. The van der Waals surface area contributed by atoms with Crippen LogP contribution < -0.4 is 15.6 Å². The van der Waals surface area contributed by atoms with Crippen LogP contribution in [-0.4, -0.2) is 52.9 Å². The number of rotatable bonds is 8. The van der Waals surface area contributed by atoms with Crippen LogP contribution in [0.25, 0.3) is 10.9 Å². The van der Waals surface area contributed by atoms with Crippen LogP contribution in [0, 0.1) is 0 Å². The van der Waals surface area contributed by atoms with Gasteiger partial charge in [-0.15, -0.1) is 0 Å². The van der Waals surface area contributed by atoms with Gasteiger partial charge in [-0.05, 0) is 51.3 Å². The Bertz CT molecular complexity index is 1070. The van der Waals surface area contributed by atoms with Crippen LogP contribution in [0.4, 0.5) is 0 Å². The standard InChI is InChI=1S/C20H22ClN5O3/c1-26(2)9-3-7-23-19(27)15-10-13(4-5-16(15)21)29-12-18-24-17-11-22-8-6-14(17)20(28)25-18/h4-6,8,10-11H,3,7,9,12H2,1-2H3,(H,23,27)(H,24,25,28). The van der Waals surface area contributed by atoms with Crippen molar-refractivity contribution in [2.24, 2.45) is 0 Å². The maximum atomic E-state index is 12.4. The molecule has 0 aliphatic carbocycles. The summed E-state index contributed by atoms with van der Waals surface area (Å²) in [7, 11) is 3.96. The number of pyridine rings is 1. The van der Waals surface area contributed by atoms with Gasteiger partial charge in [-0.1, -0.05) is 11.6 Å². The van der Waals surface area contributed by atoms with Crippen molar-refractivity contribution in [3.8, 4) is 5.75 Å². The fourth-order valence-corrected chi connectivity index (χ4v) is 2.92. The summed E-state index contributed by atoms with van der Waals surface area (Å²) in [5.41, 5.74) is 0.562. The van der Waals surface area contributed by atoms with E-state index in [-0.39, 0.29) is 18.1 Å². The third-order valence-corrected chi connectivity index (χ3v) is 4.51. The number of hydrogen-bond donors (Lipinski definition) is 2. The van der Waals surface area contributed by atoms with E-state index in [4.69, 9.17) is 16.3 Å². The predicted octanol–water partition coefficient (Wildman–Crippen LogP) is 2.23. The van der Waals surface area contributed by atoms with E-state index < -0.39 is 0 Å². The number of aromatic amines is 1. The van der Waals surface area contributed by atoms with E-state index in [9.17, 15) is 9.59 Å².